The van der Waals surface area contributed by atoms with Crippen LogP contribution in [-0.4, -0.2) is 9.97 Å². The molecule has 2 aromatic rings. The molecule has 0 radical (unpaired) electrons. The number of nitriles is 1. The summed E-state index contributed by atoms with van der Waals surface area (Å²) >= 11 is 0. The van der Waals surface area contributed by atoms with E-state index in [9.17, 15) is 0 Å². The second-order valence-corrected chi connectivity index (χ2v) is 4.03. The van der Waals surface area contributed by atoms with Crippen LogP contribution in [0.15, 0.2) is 30.6 Å². The fraction of sp³-hybridized carbons (Fsp3) is 0.214. The quantitative estimate of drug-likeness (QED) is 0.906. The molecule has 0 atom stereocenters. The second kappa shape index (κ2) is 5.83. The first kappa shape index (κ1) is 12.8. The Kier molecular flexibility index (Phi) is 3.94. The molecule has 0 aliphatic heterocycles. The Labute approximate surface area is 111 Å². The van der Waals surface area contributed by atoms with Gasteiger partial charge in [-0.3, -0.25) is 0 Å². The molecule has 1 heterocycles. The monoisotopic (exact) mass is 254 g/mol. The predicted octanol–water partition coefficient (Wildman–Crippen LogP) is 2.68. The van der Waals surface area contributed by atoms with E-state index < -0.39 is 0 Å². The molecule has 0 fully saturated rings. The summed E-state index contributed by atoms with van der Waals surface area (Å²) in [5, 5.41) is 8.74. The maximum absolute atomic E-state index is 8.74. The van der Waals surface area contributed by atoms with E-state index in [0.29, 0.717) is 23.0 Å². The van der Waals surface area contributed by atoms with Crippen molar-refractivity contribution < 1.29 is 4.74 Å². The van der Waals surface area contributed by atoms with Gasteiger partial charge in [0.25, 0.3) is 0 Å². The number of ether oxygens (including phenoxy) is 1. The van der Waals surface area contributed by atoms with Crippen LogP contribution >= 0.6 is 0 Å². The molecule has 0 aliphatic rings. The van der Waals surface area contributed by atoms with Crippen LogP contribution in [0.3, 0.4) is 0 Å². The average Bonchev–Trinajstić information content (AvgIpc) is 2.43. The highest BCUT2D eigenvalue weighted by molar-refractivity contribution is 5.46. The standard InChI is InChI=1S/C14H14N4O/c1-2-3-12-13(16)17-9-18-14(12)19-11-6-4-10(8-15)5-7-11/h4-7,9H,2-3H2,1H3,(H2,16,17,18). The van der Waals surface area contributed by atoms with Gasteiger partial charge in [0.1, 0.15) is 17.9 Å². The molecule has 2 rings (SSSR count). The molecule has 1 aromatic carbocycles. The normalized spacial score (nSPS) is 9.89. The summed E-state index contributed by atoms with van der Waals surface area (Å²) in [5.41, 5.74) is 7.23. The van der Waals surface area contributed by atoms with Crippen molar-refractivity contribution in [3.63, 3.8) is 0 Å². The molecule has 0 unspecified atom stereocenters. The van der Waals surface area contributed by atoms with Gasteiger partial charge in [-0.2, -0.15) is 5.26 Å². The van der Waals surface area contributed by atoms with Crippen LogP contribution in [0.1, 0.15) is 24.5 Å². The van der Waals surface area contributed by atoms with E-state index in [1.807, 2.05) is 0 Å². The van der Waals surface area contributed by atoms with E-state index in [2.05, 4.69) is 23.0 Å². The molecule has 0 saturated heterocycles. The van der Waals surface area contributed by atoms with Crippen LogP contribution in [-0.2, 0) is 6.42 Å². The molecule has 0 amide bonds. The van der Waals surface area contributed by atoms with Crippen molar-refractivity contribution in [1.82, 2.24) is 9.97 Å². The van der Waals surface area contributed by atoms with Crippen molar-refractivity contribution in [2.24, 2.45) is 0 Å². The lowest BCUT2D eigenvalue weighted by Crippen LogP contribution is -2.02. The Bertz CT molecular complexity index is 602. The Balaban J connectivity index is 2.27. The van der Waals surface area contributed by atoms with E-state index in [1.54, 1.807) is 24.3 Å². The lowest BCUT2D eigenvalue weighted by Gasteiger charge is -2.10. The molecule has 0 bridgehead atoms. The highest BCUT2D eigenvalue weighted by atomic mass is 16.5. The van der Waals surface area contributed by atoms with Gasteiger partial charge < -0.3 is 10.5 Å². The third-order valence-electron chi connectivity index (χ3n) is 2.64. The molecule has 96 valence electrons. The van der Waals surface area contributed by atoms with Gasteiger partial charge in [-0.25, -0.2) is 9.97 Å². The molecular formula is C14H14N4O. The minimum absolute atomic E-state index is 0.445. The second-order valence-electron chi connectivity index (χ2n) is 4.03. The fourth-order valence-corrected chi connectivity index (χ4v) is 1.69. The van der Waals surface area contributed by atoms with Crippen LogP contribution in [0.25, 0.3) is 0 Å². The molecule has 0 saturated carbocycles. The van der Waals surface area contributed by atoms with Gasteiger partial charge in [-0.15, -0.1) is 0 Å². The van der Waals surface area contributed by atoms with Gasteiger partial charge >= 0.3 is 0 Å². The Morgan fingerprint density at radius 3 is 2.63 bits per heavy atom. The van der Waals surface area contributed by atoms with E-state index in [4.69, 9.17) is 15.7 Å². The molecule has 2 N–H and O–H groups in total. The third-order valence-corrected chi connectivity index (χ3v) is 2.64. The molecule has 5 heteroatoms. The first-order chi connectivity index (χ1) is 9.24. The molecule has 19 heavy (non-hydrogen) atoms. The lowest BCUT2D eigenvalue weighted by molar-refractivity contribution is 0.454. The van der Waals surface area contributed by atoms with Gasteiger partial charge in [-0.1, -0.05) is 13.3 Å². The first-order valence-corrected chi connectivity index (χ1v) is 6.02. The van der Waals surface area contributed by atoms with Gasteiger partial charge in [0.15, 0.2) is 0 Å². The highest BCUT2D eigenvalue weighted by Crippen LogP contribution is 2.26. The molecule has 0 aliphatic carbocycles. The topological polar surface area (TPSA) is 84.8 Å². The number of nitrogen functional groups attached to an aromatic ring is 1. The number of nitrogens with zero attached hydrogens (tertiary/aromatic N) is 3. The smallest absolute Gasteiger partial charge is 0.227 e. The van der Waals surface area contributed by atoms with Crippen molar-refractivity contribution in [3.05, 3.63) is 41.7 Å². The minimum atomic E-state index is 0.445. The SMILES string of the molecule is CCCc1c(N)ncnc1Oc1ccc(C#N)cc1. The van der Waals surface area contributed by atoms with Crippen LogP contribution in [0, 0.1) is 11.3 Å². The maximum Gasteiger partial charge on any atom is 0.227 e. The van der Waals surface area contributed by atoms with Crippen molar-refractivity contribution >= 4 is 5.82 Å². The van der Waals surface area contributed by atoms with Crippen molar-refractivity contribution in [1.29, 1.82) is 5.26 Å². The minimum Gasteiger partial charge on any atom is -0.439 e. The number of nitrogens with two attached hydrogens (primary N) is 1. The lowest BCUT2D eigenvalue weighted by atomic mass is 10.2. The van der Waals surface area contributed by atoms with Gasteiger partial charge in [0.05, 0.1) is 17.2 Å². The number of hydrogen-bond acceptors (Lipinski definition) is 5. The van der Waals surface area contributed by atoms with E-state index in [0.717, 1.165) is 18.4 Å². The number of hydrogen-bond donors (Lipinski definition) is 1. The third kappa shape index (κ3) is 2.99. The summed E-state index contributed by atoms with van der Waals surface area (Å²) in [6, 6.07) is 8.90. The summed E-state index contributed by atoms with van der Waals surface area (Å²) in [5.74, 6) is 1.54. The molecule has 0 spiro atoms. The summed E-state index contributed by atoms with van der Waals surface area (Å²) < 4.78 is 5.70. The zero-order valence-corrected chi connectivity index (χ0v) is 10.6. The highest BCUT2D eigenvalue weighted by Gasteiger charge is 2.10. The summed E-state index contributed by atoms with van der Waals surface area (Å²) in [7, 11) is 0. The van der Waals surface area contributed by atoms with Crippen LogP contribution in [0.2, 0.25) is 0 Å². The number of rotatable bonds is 4. The van der Waals surface area contributed by atoms with Crippen LogP contribution < -0.4 is 10.5 Å². The molecule has 1 aromatic heterocycles. The predicted molar refractivity (Wildman–Crippen MR) is 71.7 cm³/mol. The van der Waals surface area contributed by atoms with Crippen LogP contribution in [0.4, 0.5) is 5.82 Å². The zero-order chi connectivity index (χ0) is 13.7. The van der Waals surface area contributed by atoms with Gasteiger partial charge in [-0.05, 0) is 30.7 Å². The van der Waals surface area contributed by atoms with Crippen molar-refractivity contribution in [2.45, 2.75) is 19.8 Å². The number of aromatic nitrogens is 2. The van der Waals surface area contributed by atoms with E-state index in [1.165, 1.54) is 6.33 Å². The van der Waals surface area contributed by atoms with E-state index in [-0.39, 0.29) is 0 Å². The number of benzene rings is 1. The Hall–Kier alpha value is -2.61. The van der Waals surface area contributed by atoms with E-state index >= 15 is 0 Å². The Morgan fingerprint density at radius 1 is 1.26 bits per heavy atom. The summed E-state index contributed by atoms with van der Waals surface area (Å²) in [6.07, 6.45) is 3.08. The largest absolute Gasteiger partial charge is 0.439 e. The van der Waals surface area contributed by atoms with Gasteiger partial charge in [0.2, 0.25) is 5.88 Å². The maximum atomic E-state index is 8.74. The first-order valence-electron chi connectivity index (χ1n) is 6.02. The molecule has 5 nitrogen and oxygen atoms in total. The summed E-state index contributed by atoms with van der Waals surface area (Å²) in [6.45, 7) is 2.05. The summed E-state index contributed by atoms with van der Waals surface area (Å²) in [4.78, 5) is 8.09. The van der Waals surface area contributed by atoms with Gasteiger partial charge in [0, 0.05) is 0 Å². The average molecular weight is 254 g/mol. The Morgan fingerprint density at radius 2 is 2.00 bits per heavy atom. The zero-order valence-electron chi connectivity index (χ0n) is 10.6. The van der Waals surface area contributed by atoms with Crippen LogP contribution in [0.5, 0.6) is 11.6 Å². The number of anilines is 1. The van der Waals surface area contributed by atoms with Crippen molar-refractivity contribution in [3.8, 4) is 17.7 Å². The van der Waals surface area contributed by atoms with Crippen molar-refractivity contribution in [2.75, 3.05) is 5.73 Å². The fourth-order valence-electron chi connectivity index (χ4n) is 1.69. The molecular weight excluding hydrogens is 240 g/mol.